The maximum atomic E-state index is 11.8. The van der Waals surface area contributed by atoms with E-state index in [1.54, 1.807) is 22.9 Å². The molecule has 0 spiro atoms. The zero-order chi connectivity index (χ0) is 10.1. The molecule has 2 rings (SSSR count). The molecule has 2 heterocycles. The van der Waals surface area contributed by atoms with Crippen molar-refractivity contribution in [3.05, 3.63) is 32.6 Å². The van der Waals surface area contributed by atoms with Gasteiger partial charge < -0.3 is 0 Å². The van der Waals surface area contributed by atoms with Gasteiger partial charge in [0.1, 0.15) is 4.83 Å². The van der Waals surface area contributed by atoms with Crippen molar-refractivity contribution in [1.29, 1.82) is 0 Å². The van der Waals surface area contributed by atoms with Gasteiger partial charge in [-0.15, -0.1) is 0 Å². The summed E-state index contributed by atoms with van der Waals surface area (Å²) in [6.45, 7) is 2.52. The lowest BCUT2D eigenvalue weighted by molar-refractivity contribution is 0.735. The fourth-order valence-corrected chi connectivity index (χ4v) is 2.59. The Kier molecular flexibility index (Phi) is 2.43. The Morgan fingerprint density at radius 3 is 3.14 bits per heavy atom. The van der Waals surface area contributed by atoms with Crippen LogP contribution in [0, 0.1) is 3.95 Å². The second kappa shape index (κ2) is 3.59. The van der Waals surface area contributed by atoms with Crippen molar-refractivity contribution in [3.63, 3.8) is 0 Å². The molecule has 72 valence electrons. The third-order valence-electron chi connectivity index (χ3n) is 1.97. The van der Waals surface area contributed by atoms with E-state index in [2.05, 4.69) is 4.98 Å². The zero-order valence-corrected chi connectivity index (χ0v) is 9.19. The van der Waals surface area contributed by atoms with Gasteiger partial charge in [0.2, 0.25) is 0 Å². The van der Waals surface area contributed by atoms with Crippen LogP contribution in [0.25, 0.3) is 10.2 Å². The predicted octanol–water partition coefficient (Wildman–Crippen LogP) is 2.21. The average molecular weight is 224 g/mol. The summed E-state index contributed by atoms with van der Waals surface area (Å²) in [5, 5.41) is 0.646. The molecule has 0 aliphatic rings. The minimum atomic E-state index is -0.0423. The van der Waals surface area contributed by atoms with Crippen LogP contribution in [0.4, 0.5) is 0 Å². The maximum Gasteiger partial charge on any atom is 0.262 e. The zero-order valence-electron chi connectivity index (χ0n) is 7.56. The fourth-order valence-electron chi connectivity index (χ4n) is 1.27. The van der Waals surface area contributed by atoms with Crippen LogP contribution in [-0.2, 0) is 6.54 Å². The van der Waals surface area contributed by atoms with E-state index < -0.39 is 0 Å². The van der Waals surface area contributed by atoms with E-state index in [1.165, 1.54) is 11.3 Å². The van der Waals surface area contributed by atoms with E-state index in [1.807, 2.05) is 6.92 Å². The van der Waals surface area contributed by atoms with E-state index in [-0.39, 0.29) is 5.56 Å². The molecule has 0 saturated carbocycles. The van der Waals surface area contributed by atoms with Crippen LogP contribution in [0.15, 0.2) is 23.1 Å². The minimum absolute atomic E-state index is 0.0423. The van der Waals surface area contributed by atoms with Gasteiger partial charge in [0.25, 0.3) is 5.56 Å². The summed E-state index contributed by atoms with van der Waals surface area (Å²) >= 11 is 6.48. The van der Waals surface area contributed by atoms with Gasteiger partial charge in [-0.2, -0.15) is 0 Å². The molecule has 2 aromatic heterocycles. The average Bonchev–Trinajstić information content (AvgIpc) is 2.18. The molecule has 2 aromatic rings. The third kappa shape index (κ3) is 1.38. The Morgan fingerprint density at radius 2 is 2.43 bits per heavy atom. The molecule has 3 nitrogen and oxygen atoms in total. The van der Waals surface area contributed by atoms with Gasteiger partial charge in [-0.3, -0.25) is 9.36 Å². The van der Waals surface area contributed by atoms with Crippen LogP contribution in [0.2, 0.25) is 0 Å². The molecule has 5 heteroatoms. The standard InChI is InChI=1S/C9H8N2OS2/c1-2-11-8(12)6-4-3-5-10-7(6)14-9(11)13/h3-5H,2H2,1H3. The first-order valence-corrected chi connectivity index (χ1v) is 5.45. The molecular formula is C9H8N2OS2. The van der Waals surface area contributed by atoms with Gasteiger partial charge in [-0.1, -0.05) is 11.3 Å². The lowest BCUT2D eigenvalue weighted by Crippen LogP contribution is -2.18. The Balaban J connectivity index is 3.01. The highest BCUT2D eigenvalue weighted by Crippen LogP contribution is 2.12. The first-order valence-electron chi connectivity index (χ1n) is 4.22. The number of aromatic nitrogens is 2. The molecule has 0 amide bonds. The highest BCUT2D eigenvalue weighted by atomic mass is 32.1. The fraction of sp³-hybridized carbons (Fsp3) is 0.222. The SMILES string of the molecule is CCn1c(=S)sc2ncccc2c1=O. The van der Waals surface area contributed by atoms with Gasteiger partial charge in [0, 0.05) is 12.7 Å². The molecule has 0 aliphatic carbocycles. The van der Waals surface area contributed by atoms with Crippen LogP contribution >= 0.6 is 23.6 Å². The van der Waals surface area contributed by atoms with Crippen molar-refractivity contribution in [2.24, 2.45) is 0 Å². The number of nitrogens with zero attached hydrogens (tertiary/aromatic N) is 2. The molecule has 0 fully saturated rings. The van der Waals surface area contributed by atoms with Crippen LogP contribution in [0.3, 0.4) is 0 Å². The Labute approximate surface area is 89.7 Å². The molecular weight excluding hydrogens is 216 g/mol. The van der Waals surface area contributed by atoms with Crippen LogP contribution in [0.1, 0.15) is 6.92 Å². The molecule has 0 radical (unpaired) electrons. The van der Waals surface area contributed by atoms with Crippen molar-refractivity contribution in [1.82, 2.24) is 9.55 Å². The summed E-state index contributed by atoms with van der Waals surface area (Å²) in [5.41, 5.74) is -0.0423. The van der Waals surface area contributed by atoms with Gasteiger partial charge in [0.15, 0.2) is 3.95 Å². The molecule has 14 heavy (non-hydrogen) atoms. The van der Waals surface area contributed by atoms with Gasteiger partial charge >= 0.3 is 0 Å². The summed E-state index contributed by atoms with van der Waals surface area (Å²) < 4.78 is 2.17. The van der Waals surface area contributed by atoms with E-state index in [4.69, 9.17) is 12.2 Å². The van der Waals surface area contributed by atoms with Crippen molar-refractivity contribution < 1.29 is 0 Å². The molecule has 0 N–H and O–H groups in total. The molecule has 0 aliphatic heterocycles. The lowest BCUT2D eigenvalue weighted by atomic mass is 10.4. The summed E-state index contributed by atoms with van der Waals surface area (Å²) in [5.74, 6) is 0. The summed E-state index contributed by atoms with van der Waals surface area (Å²) in [6.07, 6.45) is 1.67. The number of hydrogen-bond donors (Lipinski definition) is 0. The lowest BCUT2D eigenvalue weighted by Gasteiger charge is -2.02. The summed E-state index contributed by atoms with van der Waals surface area (Å²) in [7, 11) is 0. The van der Waals surface area contributed by atoms with Crippen molar-refractivity contribution >= 4 is 33.8 Å². The van der Waals surface area contributed by atoms with E-state index in [0.29, 0.717) is 20.7 Å². The van der Waals surface area contributed by atoms with Crippen molar-refractivity contribution in [2.45, 2.75) is 13.5 Å². The van der Waals surface area contributed by atoms with Crippen LogP contribution in [0.5, 0.6) is 0 Å². The quantitative estimate of drug-likeness (QED) is 0.697. The Morgan fingerprint density at radius 1 is 1.64 bits per heavy atom. The second-order valence-electron chi connectivity index (χ2n) is 2.77. The topological polar surface area (TPSA) is 34.9 Å². The summed E-state index contributed by atoms with van der Waals surface area (Å²) in [6, 6.07) is 3.54. The van der Waals surface area contributed by atoms with Crippen LogP contribution < -0.4 is 5.56 Å². The van der Waals surface area contributed by atoms with E-state index in [9.17, 15) is 4.79 Å². The number of hydrogen-bond acceptors (Lipinski definition) is 4. The Hall–Kier alpha value is -1.07. The first kappa shape index (κ1) is 9.48. The van der Waals surface area contributed by atoms with Gasteiger partial charge in [-0.25, -0.2) is 4.98 Å². The first-order chi connectivity index (χ1) is 6.74. The van der Waals surface area contributed by atoms with E-state index >= 15 is 0 Å². The largest absolute Gasteiger partial charge is 0.291 e. The molecule has 0 unspecified atom stereocenters. The van der Waals surface area contributed by atoms with Gasteiger partial charge in [-0.05, 0) is 31.3 Å². The molecule has 0 atom stereocenters. The predicted molar refractivity (Wildman–Crippen MR) is 60.4 cm³/mol. The normalized spacial score (nSPS) is 10.6. The third-order valence-corrected chi connectivity index (χ3v) is 3.35. The van der Waals surface area contributed by atoms with Crippen LogP contribution in [-0.4, -0.2) is 9.55 Å². The number of pyridine rings is 1. The van der Waals surface area contributed by atoms with Crippen molar-refractivity contribution in [2.75, 3.05) is 0 Å². The number of fused-ring (bicyclic) bond motifs is 1. The molecule has 0 saturated heterocycles. The number of rotatable bonds is 1. The summed E-state index contributed by atoms with van der Waals surface area (Å²) in [4.78, 5) is 16.7. The molecule has 0 aromatic carbocycles. The smallest absolute Gasteiger partial charge is 0.262 e. The van der Waals surface area contributed by atoms with Gasteiger partial charge in [0.05, 0.1) is 5.39 Å². The second-order valence-corrected chi connectivity index (χ2v) is 4.40. The monoisotopic (exact) mass is 224 g/mol. The van der Waals surface area contributed by atoms with Crippen molar-refractivity contribution in [3.8, 4) is 0 Å². The maximum absolute atomic E-state index is 11.8. The Bertz CT molecular complexity index is 585. The van der Waals surface area contributed by atoms with E-state index in [0.717, 1.165) is 0 Å². The molecule has 0 bridgehead atoms. The minimum Gasteiger partial charge on any atom is -0.291 e. The highest BCUT2D eigenvalue weighted by molar-refractivity contribution is 7.73. The highest BCUT2D eigenvalue weighted by Gasteiger charge is 2.03.